The minimum atomic E-state index is -1.64. The number of phenolic OH excluding ortho intramolecular Hbond substituents is 1. The molecule has 5 aromatic rings. The number of azo groups is 1. The Hall–Kier alpha value is -6.95. The Morgan fingerprint density at radius 1 is 0.763 bits per heavy atom. The van der Waals surface area contributed by atoms with Crippen LogP contribution in [0.25, 0.3) is 0 Å². The molecule has 4 aliphatic rings. The molecule has 0 bridgehead atoms. The topological polar surface area (TPSA) is 135 Å². The van der Waals surface area contributed by atoms with Crippen molar-refractivity contribution in [3.8, 4) is 5.75 Å². The zero-order chi connectivity index (χ0) is 41.2. The fraction of sp³-hybridized carbons (Fsp3) is 0.234. The summed E-state index contributed by atoms with van der Waals surface area (Å²) in [7, 11) is 3.91. The van der Waals surface area contributed by atoms with E-state index in [0.717, 1.165) is 22.3 Å². The maximum absolute atomic E-state index is 15.4. The first-order valence-corrected chi connectivity index (χ1v) is 19.6. The van der Waals surface area contributed by atoms with Crippen molar-refractivity contribution >= 4 is 52.1 Å². The molecule has 0 aromatic heterocycles. The Bertz CT molecular complexity index is 2560. The van der Waals surface area contributed by atoms with Crippen molar-refractivity contribution in [2.24, 2.45) is 33.9 Å². The number of carbonyl (C=O) groups is 4. The van der Waals surface area contributed by atoms with Crippen LogP contribution in [0, 0.1) is 36.4 Å². The predicted molar refractivity (Wildman–Crippen MR) is 221 cm³/mol. The van der Waals surface area contributed by atoms with Crippen LogP contribution in [0.4, 0.5) is 32.8 Å². The zero-order valence-electron chi connectivity index (χ0n) is 32.6. The van der Waals surface area contributed by atoms with Gasteiger partial charge in [0.15, 0.2) is 11.6 Å². The van der Waals surface area contributed by atoms with Crippen LogP contribution in [0.5, 0.6) is 5.75 Å². The van der Waals surface area contributed by atoms with Gasteiger partial charge in [0.05, 0.1) is 45.9 Å². The number of hydrogen-bond acceptors (Lipinski definition) is 9. The van der Waals surface area contributed by atoms with E-state index in [0.29, 0.717) is 33.9 Å². The Kier molecular flexibility index (Phi) is 9.22. The second-order valence-electron chi connectivity index (χ2n) is 15.9. The molecule has 2 aliphatic heterocycles. The van der Waals surface area contributed by atoms with Crippen LogP contribution in [0.3, 0.4) is 0 Å². The second-order valence-corrected chi connectivity index (χ2v) is 15.9. The van der Waals surface area contributed by atoms with E-state index in [1.807, 2.05) is 68.4 Å². The average Bonchev–Trinajstić information content (AvgIpc) is 3.63. The number of rotatable bonds is 8. The van der Waals surface area contributed by atoms with Gasteiger partial charge >= 0.3 is 0 Å². The summed E-state index contributed by atoms with van der Waals surface area (Å²) in [5.41, 5.74) is 6.77. The predicted octanol–water partition coefficient (Wildman–Crippen LogP) is 8.51. The summed E-state index contributed by atoms with van der Waals surface area (Å²) in [6.45, 7) is 1.93. The number of allylic oxidation sites excluding steroid dienone is 2. The van der Waals surface area contributed by atoms with Gasteiger partial charge < -0.3 is 10.0 Å². The number of fused-ring (bicyclic) bond motifs is 4. The third-order valence-electron chi connectivity index (χ3n) is 12.5. The van der Waals surface area contributed by atoms with Gasteiger partial charge in [-0.3, -0.25) is 29.5 Å². The van der Waals surface area contributed by atoms with Gasteiger partial charge in [0, 0.05) is 31.3 Å². The SMILES string of the molecule is Cc1ccc(NN2C(=O)C3CC4C(=CCC5C(=O)N(c6ccc(N=Nc7ccc(N(C)C)cc7)cc6)C(=O)C54)C(c4cccc(F)c4O)C3(c3ccccc3)C2=O)cc1. The van der Waals surface area contributed by atoms with Crippen molar-refractivity contribution in [1.29, 1.82) is 0 Å². The minimum Gasteiger partial charge on any atom is -0.505 e. The molecule has 2 N–H and O–H groups in total. The zero-order valence-corrected chi connectivity index (χ0v) is 32.6. The lowest BCUT2D eigenvalue weighted by Gasteiger charge is -2.50. The fourth-order valence-corrected chi connectivity index (χ4v) is 9.71. The normalized spacial score (nSPS) is 24.9. The molecule has 59 heavy (non-hydrogen) atoms. The van der Waals surface area contributed by atoms with Crippen molar-refractivity contribution in [1.82, 2.24) is 5.01 Å². The van der Waals surface area contributed by atoms with E-state index in [-0.39, 0.29) is 24.3 Å². The lowest BCUT2D eigenvalue weighted by Crippen LogP contribution is -2.53. The number of para-hydroxylation sites is 1. The number of nitrogens with one attached hydrogen (secondary N) is 1. The van der Waals surface area contributed by atoms with Crippen LogP contribution in [-0.2, 0) is 24.6 Å². The number of nitrogens with zero attached hydrogens (tertiary/aromatic N) is 5. The first-order valence-electron chi connectivity index (χ1n) is 19.6. The number of hydrazine groups is 1. The fourth-order valence-electron chi connectivity index (χ4n) is 9.71. The summed E-state index contributed by atoms with van der Waals surface area (Å²) in [5.74, 6) is -7.81. The average molecular weight is 789 g/mol. The molecule has 5 aromatic carbocycles. The monoisotopic (exact) mass is 788 g/mol. The van der Waals surface area contributed by atoms with E-state index < -0.39 is 64.3 Å². The molecule has 1 saturated carbocycles. The van der Waals surface area contributed by atoms with E-state index in [2.05, 4.69) is 15.7 Å². The summed E-state index contributed by atoms with van der Waals surface area (Å²) in [5, 5.41) is 21.2. The third kappa shape index (κ3) is 6.00. The highest BCUT2D eigenvalue weighted by atomic mass is 19.1. The molecule has 6 atom stereocenters. The van der Waals surface area contributed by atoms with Crippen LogP contribution in [0.15, 0.2) is 143 Å². The number of imide groups is 2. The van der Waals surface area contributed by atoms with Crippen LogP contribution >= 0.6 is 0 Å². The third-order valence-corrected chi connectivity index (χ3v) is 12.5. The highest BCUT2D eigenvalue weighted by molar-refractivity contribution is 6.22. The lowest BCUT2D eigenvalue weighted by atomic mass is 9.49. The molecule has 296 valence electrons. The minimum absolute atomic E-state index is 0.0623. The number of carbonyl (C=O) groups excluding carboxylic acids is 4. The molecular weight excluding hydrogens is 748 g/mol. The van der Waals surface area contributed by atoms with Gasteiger partial charge in [0.1, 0.15) is 0 Å². The second kappa shape index (κ2) is 14.5. The molecule has 2 heterocycles. The van der Waals surface area contributed by atoms with Crippen molar-refractivity contribution in [2.45, 2.75) is 31.1 Å². The summed E-state index contributed by atoms with van der Waals surface area (Å²) in [6, 6.07) is 34.7. The van der Waals surface area contributed by atoms with Crippen molar-refractivity contribution in [3.63, 3.8) is 0 Å². The Balaban J connectivity index is 1.10. The molecule has 2 saturated heterocycles. The van der Waals surface area contributed by atoms with Crippen molar-refractivity contribution < 1.29 is 28.7 Å². The largest absolute Gasteiger partial charge is 0.505 e. The van der Waals surface area contributed by atoms with E-state index in [1.165, 1.54) is 11.0 Å². The summed E-state index contributed by atoms with van der Waals surface area (Å²) in [6.07, 6.45) is 2.11. The molecule has 2 aliphatic carbocycles. The first-order chi connectivity index (χ1) is 28.5. The van der Waals surface area contributed by atoms with Crippen molar-refractivity contribution in [3.05, 3.63) is 155 Å². The molecule has 0 radical (unpaired) electrons. The molecular formula is C47H41FN6O5. The molecule has 0 spiro atoms. The molecule has 6 unspecified atom stereocenters. The number of benzene rings is 5. The number of aromatic hydroxyl groups is 1. The van der Waals surface area contributed by atoms with Gasteiger partial charge in [-0.15, -0.1) is 0 Å². The van der Waals surface area contributed by atoms with Gasteiger partial charge in [-0.1, -0.05) is 71.8 Å². The summed E-state index contributed by atoms with van der Waals surface area (Å²) in [4.78, 5) is 62.3. The number of halogens is 1. The molecule has 4 amide bonds. The molecule has 3 fully saturated rings. The Labute approximate surface area is 340 Å². The summed E-state index contributed by atoms with van der Waals surface area (Å²) < 4.78 is 15.4. The van der Waals surface area contributed by atoms with Gasteiger partial charge in [-0.05, 0) is 98.0 Å². The van der Waals surface area contributed by atoms with Crippen LogP contribution in [-0.4, -0.2) is 47.8 Å². The maximum Gasteiger partial charge on any atom is 0.260 e. The molecule has 11 nitrogen and oxygen atoms in total. The van der Waals surface area contributed by atoms with Gasteiger partial charge in [0.2, 0.25) is 11.8 Å². The summed E-state index contributed by atoms with van der Waals surface area (Å²) >= 11 is 0. The van der Waals surface area contributed by atoms with Gasteiger partial charge in [-0.2, -0.15) is 15.2 Å². The van der Waals surface area contributed by atoms with Crippen LogP contribution in [0.2, 0.25) is 0 Å². The van der Waals surface area contributed by atoms with Crippen LogP contribution in [0.1, 0.15) is 35.4 Å². The van der Waals surface area contributed by atoms with E-state index >= 15 is 9.18 Å². The van der Waals surface area contributed by atoms with E-state index in [4.69, 9.17) is 0 Å². The molecule has 9 rings (SSSR count). The number of aryl methyl sites for hydroxylation is 1. The first kappa shape index (κ1) is 37.6. The quantitative estimate of drug-likeness (QED) is 0.0915. The number of hydrogen-bond donors (Lipinski definition) is 2. The molecule has 12 heteroatoms. The Morgan fingerprint density at radius 2 is 1.42 bits per heavy atom. The van der Waals surface area contributed by atoms with Crippen LogP contribution < -0.4 is 15.2 Å². The smallest absolute Gasteiger partial charge is 0.260 e. The maximum atomic E-state index is 15.4. The Morgan fingerprint density at radius 3 is 2.08 bits per heavy atom. The highest BCUT2D eigenvalue weighted by Gasteiger charge is 2.70. The van der Waals surface area contributed by atoms with E-state index in [1.54, 1.807) is 72.8 Å². The van der Waals surface area contributed by atoms with E-state index in [9.17, 15) is 19.5 Å². The lowest BCUT2D eigenvalue weighted by molar-refractivity contribution is -0.138. The van der Waals surface area contributed by atoms with Crippen molar-refractivity contribution in [2.75, 3.05) is 29.3 Å². The highest BCUT2D eigenvalue weighted by Crippen LogP contribution is 2.65. The van der Waals surface area contributed by atoms with Gasteiger partial charge in [-0.25, -0.2) is 4.39 Å². The van der Waals surface area contributed by atoms with Gasteiger partial charge in [0.25, 0.3) is 11.8 Å². The standard InChI is InChI=1S/C47H41FN6O5/c1-27-12-14-31(15-13-27)51-54-44(57)38-26-37-34(41(36-10-7-11-39(48)42(36)55)47(38,46(54)59)28-8-5-4-6-9-28)24-25-35-40(37)45(58)53(43(35)56)33-22-18-30(19-23-33)50-49-29-16-20-32(21-17-29)52(2)3/h4-24,35,37-38,40-41,51,55H,25-26H2,1-3H3. The number of phenols is 1. The number of amides is 4. The number of anilines is 3.